The van der Waals surface area contributed by atoms with Crippen molar-refractivity contribution in [1.82, 2.24) is 14.9 Å². The monoisotopic (exact) mass is 380 g/mol. The van der Waals surface area contributed by atoms with Crippen LogP contribution in [0.4, 0.5) is 13.9 Å². The van der Waals surface area contributed by atoms with Crippen LogP contribution in [0, 0.1) is 5.92 Å². The Hall–Kier alpha value is -1.93. The Bertz CT molecular complexity index is 735. The third-order valence-electron chi connectivity index (χ3n) is 4.41. The smallest absolute Gasteiger partial charge is 0.280 e. The zero-order valence-corrected chi connectivity index (χ0v) is 15.4. The molecule has 1 atom stereocenters. The number of carbonyl (C=O) groups excluding carboxylic acids is 1. The second kappa shape index (κ2) is 8.64. The average molecular weight is 380 g/mol. The van der Waals surface area contributed by atoms with Crippen LogP contribution in [0.2, 0.25) is 0 Å². The van der Waals surface area contributed by atoms with E-state index < -0.39 is 6.43 Å². The molecule has 1 N–H and O–H groups in total. The number of piperidine rings is 1. The summed E-state index contributed by atoms with van der Waals surface area (Å²) in [4.78, 5) is 22.7. The molecule has 0 radical (unpaired) electrons. The fraction of sp³-hybridized carbons (Fsp3) is 0.500. The van der Waals surface area contributed by atoms with Gasteiger partial charge in [-0.15, -0.1) is 11.3 Å². The van der Waals surface area contributed by atoms with Gasteiger partial charge in [-0.05, 0) is 43.4 Å². The first-order chi connectivity index (χ1) is 12.5. The predicted molar refractivity (Wildman–Crippen MR) is 97.3 cm³/mol. The van der Waals surface area contributed by atoms with E-state index in [1.54, 1.807) is 12.3 Å². The Balaban J connectivity index is 1.53. The van der Waals surface area contributed by atoms with Gasteiger partial charge in [-0.3, -0.25) is 14.7 Å². The van der Waals surface area contributed by atoms with Crippen LogP contribution in [0.25, 0.3) is 0 Å². The number of hydrogen-bond acceptors (Lipinski definition) is 5. The summed E-state index contributed by atoms with van der Waals surface area (Å²) in [5, 5.41) is 3.34. The quantitative estimate of drug-likeness (QED) is 0.826. The largest absolute Gasteiger partial charge is 0.302 e. The van der Waals surface area contributed by atoms with E-state index in [9.17, 15) is 13.6 Å². The molecule has 2 aromatic rings. The average Bonchev–Trinajstić information content (AvgIpc) is 3.02. The normalized spacial score (nSPS) is 18.2. The van der Waals surface area contributed by atoms with Gasteiger partial charge in [-0.1, -0.05) is 6.07 Å². The Morgan fingerprint density at radius 1 is 1.38 bits per heavy atom. The number of carbonyl (C=O) groups is 1. The van der Waals surface area contributed by atoms with E-state index in [2.05, 4.69) is 20.2 Å². The van der Waals surface area contributed by atoms with Gasteiger partial charge in [0, 0.05) is 37.3 Å². The molecule has 1 aliphatic heterocycles. The summed E-state index contributed by atoms with van der Waals surface area (Å²) in [5.41, 5.74) is 0.839. The molecule has 8 heteroatoms. The minimum atomic E-state index is -2.52. The van der Waals surface area contributed by atoms with E-state index >= 15 is 0 Å². The lowest BCUT2D eigenvalue weighted by Crippen LogP contribution is -2.35. The molecule has 1 amide bonds. The summed E-state index contributed by atoms with van der Waals surface area (Å²) in [7, 11) is 0. The number of aromatic nitrogens is 2. The molecule has 0 aliphatic carbocycles. The van der Waals surface area contributed by atoms with Gasteiger partial charge in [-0.25, -0.2) is 13.8 Å². The van der Waals surface area contributed by atoms with Crippen LogP contribution in [-0.4, -0.2) is 33.9 Å². The fourth-order valence-corrected chi connectivity index (χ4v) is 4.19. The highest BCUT2D eigenvalue weighted by atomic mass is 32.1. The summed E-state index contributed by atoms with van der Waals surface area (Å²) in [5.74, 6) is 0.376. The Morgan fingerprint density at radius 2 is 2.23 bits per heavy atom. The second-order valence-corrected chi connectivity index (χ2v) is 7.77. The molecule has 140 valence electrons. The number of alkyl halides is 2. The number of rotatable bonds is 6. The van der Waals surface area contributed by atoms with Crippen LogP contribution in [0.5, 0.6) is 0 Å². The molecule has 0 saturated carbocycles. The number of likely N-dealkylation sites (tertiary alicyclic amines) is 1. The van der Waals surface area contributed by atoms with Gasteiger partial charge in [0.25, 0.3) is 6.43 Å². The highest BCUT2D eigenvalue weighted by Gasteiger charge is 2.21. The Morgan fingerprint density at radius 3 is 2.92 bits per heavy atom. The lowest BCUT2D eigenvalue weighted by atomic mass is 9.92. The highest BCUT2D eigenvalue weighted by Crippen LogP contribution is 2.25. The number of anilines is 1. The van der Waals surface area contributed by atoms with Gasteiger partial charge in [-0.2, -0.15) is 0 Å². The first-order valence-corrected chi connectivity index (χ1v) is 9.49. The van der Waals surface area contributed by atoms with Crippen molar-refractivity contribution in [1.29, 1.82) is 0 Å². The molecule has 1 aliphatic rings. The third-order valence-corrected chi connectivity index (χ3v) is 5.31. The first kappa shape index (κ1) is 18.8. The van der Waals surface area contributed by atoms with E-state index in [0.717, 1.165) is 49.3 Å². The maximum absolute atomic E-state index is 12.6. The van der Waals surface area contributed by atoms with E-state index in [-0.39, 0.29) is 11.6 Å². The summed E-state index contributed by atoms with van der Waals surface area (Å²) >= 11 is 1.50. The predicted octanol–water partition coefficient (Wildman–Crippen LogP) is 3.89. The van der Waals surface area contributed by atoms with Gasteiger partial charge in [0.2, 0.25) is 5.91 Å². The van der Waals surface area contributed by atoms with E-state index in [0.29, 0.717) is 11.0 Å². The molecule has 26 heavy (non-hydrogen) atoms. The van der Waals surface area contributed by atoms with E-state index in [4.69, 9.17) is 0 Å². The topological polar surface area (TPSA) is 58.1 Å². The third kappa shape index (κ3) is 5.28. The molecule has 1 fully saturated rings. The second-order valence-electron chi connectivity index (χ2n) is 6.65. The molecular formula is C18H22F2N4OS. The molecule has 0 bridgehead atoms. The molecule has 1 unspecified atom stereocenters. The summed E-state index contributed by atoms with van der Waals surface area (Å²) in [6, 6.07) is 3.18. The molecule has 0 spiro atoms. The number of hydrogen-bond donors (Lipinski definition) is 1. The molecular weight excluding hydrogens is 358 g/mol. The van der Waals surface area contributed by atoms with E-state index in [1.807, 2.05) is 6.20 Å². The highest BCUT2D eigenvalue weighted by molar-refractivity contribution is 7.15. The van der Waals surface area contributed by atoms with Crippen molar-refractivity contribution in [2.45, 2.75) is 39.2 Å². The van der Waals surface area contributed by atoms with Gasteiger partial charge in [0.05, 0.1) is 0 Å². The van der Waals surface area contributed by atoms with Crippen molar-refractivity contribution < 1.29 is 13.6 Å². The van der Waals surface area contributed by atoms with Crippen molar-refractivity contribution in [2.24, 2.45) is 5.92 Å². The number of nitrogens with zero attached hydrogens (tertiary/aromatic N) is 3. The van der Waals surface area contributed by atoms with Crippen molar-refractivity contribution in [3.8, 4) is 0 Å². The van der Waals surface area contributed by atoms with Gasteiger partial charge in [0.1, 0.15) is 5.69 Å². The van der Waals surface area contributed by atoms with Gasteiger partial charge in [0.15, 0.2) is 5.13 Å². The van der Waals surface area contributed by atoms with Crippen molar-refractivity contribution >= 4 is 22.4 Å². The number of thiazole rings is 1. The van der Waals surface area contributed by atoms with Crippen LogP contribution in [0.1, 0.15) is 42.3 Å². The van der Waals surface area contributed by atoms with Crippen LogP contribution in [-0.2, 0) is 17.8 Å². The molecule has 3 rings (SSSR count). The fourth-order valence-electron chi connectivity index (χ4n) is 3.29. The zero-order valence-electron chi connectivity index (χ0n) is 14.6. The zero-order chi connectivity index (χ0) is 18.5. The van der Waals surface area contributed by atoms with Gasteiger partial charge >= 0.3 is 0 Å². The minimum absolute atomic E-state index is 0.115. The summed E-state index contributed by atoms with van der Waals surface area (Å²) in [6.07, 6.45) is 3.97. The number of halogens is 2. The molecule has 3 heterocycles. The van der Waals surface area contributed by atoms with Crippen molar-refractivity contribution in [3.05, 3.63) is 40.7 Å². The number of pyridine rings is 1. The van der Waals surface area contributed by atoms with Crippen LogP contribution in [0.3, 0.4) is 0 Å². The van der Waals surface area contributed by atoms with Crippen LogP contribution < -0.4 is 5.32 Å². The van der Waals surface area contributed by atoms with Crippen molar-refractivity contribution in [3.63, 3.8) is 0 Å². The lowest BCUT2D eigenvalue weighted by Gasteiger charge is -2.32. The summed E-state index contributed by atoms with van der Waals surface area (Å²) in [6.45, 7) is 4.28. The maximum Gasteiger partial charge on any atom is 0.280 e. The SMILES string of the molecule is CC(=O)Nc1ncc(CN2CCCC(Cc3ccc(C(F)F)nc3)C2)s1. The van der Waals surface area contributed by atoms with Gasteiger partial charge < -0.3 is 5.32 Å². The van der Waals surface area contributed by atoms with Crippen molar-refractivity contribution in [2.75, 3.05) is 18.4 Å². The Kier molecular flexibility index (Phi) is 6.26. The van der Waals surface area contributed by atoms with E-state index in [1.165, 1.54) is 24.3 Å². The summed E-state index contributed by atoms with van der Waals surface area (Å²) < 4.78 is 25.2. The number of amides is 1. The molecule has 1 saturated heterocycles. The standard InChI is InChI=1S/C18H22F2N4OS/c1-12(25)23-18-22-9-15(26-18)11-24-6-2-3-14(10-24)7-13-4-5-16(17(19)20)21-8-13/h4-5,8-9,14,17H,2-3,6-7,10-11H2,1H3,(H,22,23,25). The maximum atomic E-state index is 12.6. The van der Waals surface area contributed by atoms with Crippen LogP contribution >= 0.6 is 11.3 Å². The molecule has 2 aromatic heterocycles. The van der Waals surface area contributed by atoms with Crippen LogP contribution in [0.15, 0.2) is 24.5 Å². The minimum Gasteiger partial charge on any atom is -0.302 e. The Labute approximate surface area is 155 Å². The molecule has 5 nitrogen and oxygen atoms in total. The lowest BCUT2D eigenvalue weighted by molar-refractivity contribution is -0.114. The molecule has 0 aromatic carbocycles. The first-order valence-electron chi connectivity index (χ1n) is 8.67. The number of nitrogens with one attached hydrogen (secondary N) is 1.